The zero-order valence-electron chi connectivity index (χ0n) is 23.1. The maximum absolute atomic E-state index is 14.3. The molecule has 2 aromatic heterocycles. The molecular weight excluding hydrogens is 504 g/mol. The van der Waals surface area contributed by atoms with Gasteiger partial charge in [0.25, 0.3) is 11.8 Å². The van der Waals surface area contributed by atoms with Gasteiger partial charge in [-0.1, -0.05) is 39.0 Å². The minimum absolute atomic E-state index is 0.0836. The van der Waals surface area contributed by atoms with Crippen molar-refractivity contribution < 1.29 is 14.3 Å². The smallest absolute Gasteiger partial charge is 0.252 e. The van der Waals surface area contributed by atoms with Gasteiger partial charge in [-0.25, -0.2) is 4.98 Å². The van der Waals surface area contributed by atoms with E-state index in [1.165, 1.54) is 9.80 Å². The van der Waals surface area contributed by atoms with E-state index in [9.17, 15) is 14.9 Å². The average Bonchev–Trinajstić information content (AvgIpc) is 3.45. The second kappa shape index (κ2) is 11.3. The molecule has 5 rings (SSSR count). The Balaban J connectivity index is 1.57. The van der Waals surface area contributed by atoms with Crippen LogP contribution < -0.4 is 15.0 Å². The van der Waals surface area contributed by atoms with Crippen LogP contribution in [0.1, 0.15) is 62.8 Å². The standard InChI is InChI=1S/C31H34N6O3/c1-31(2,3)23-10-12-25(13-11-23)37(30(39)26-9-5-15-36(26)20-32)27(22-7-4-14-33-18-22)28(38)35-24-17-21-8-6-16-40-29(21)34-19-24/h4,7,10-14,17-19,26-27H,5-6,8-9,15-16H2,1-3H3,(H,35,38)/t26-,27?/m1/s1. The molecule has 9 nitrogen and oxygen atoms in total. The Morgan fingerprint density at radius 2 is 1.98 bits per heavy atom. The molecule has 40 heavy (non-hydrogen) atoms. The maximum Gasteiger partial charge on any atom is 0.252 e. The van der Waals surface area contributed by atoms with Gasteiger partial charge in [-0.2, -0.15) is 5.26 Å². The summed E-state index contributed by atoms with van der Waals surface area (Å²) >= 11 is 0. The summed E-state index contributed by atoms with van der Waals surface area (Å²) in [5.74, 6) is -0.119. The lowest BCUT2D eigenvalue weighted by Crippen LogP contribution is -2.49. The van der Waals surface area contributed by atoms with E-state index < -0.39 is 18.0 Å². The maximum atomic E-state index is 14.3. The van der Waals surface area contributed by atoms with Gasteiger partial charge in [0.15, 0.2) is 6.19 Å². The first-order valence-corrected chi connectivity index (χ1v) is 13.7. The zero-order chi connectivity index (χ0) is 28.3. The summed E-state index contributed by atoms with van der Waals surface area (Å²) in [7, 11) is 0. The number of carbonyl (C=O) groups is 2. The fourth-order valence-electron chi connectivity index (χ4n) is 5.30. The Kier molecular flexibility index (Phi) is 7.69. The minimum atomic E-state index is -1.03. The number of aryl methyl sites for hydroxylation is 1. The van der Waals surface area contributed by atoms with Gasteiger partial charge in [-0.05, 0) is 60.9 Å². The van der Waals surface area contributed by atoms with Crippen molar-refractivity contribution in [1.29, 1.82) is 5.26 Å². The van der Waals surface area contributed by atoms with E-state index in [4.69, 9.17) is 4.74 Å². The number of fused-ring (bicyclic) bond motifs is 1. The van der Waals surface area contributed by atoms with Gasteiger partial charge in [0.2, 0.25) is 5.88 Å². The van der Waals surface area contributed by atoms with Crippen molar-refractivity contribution in [3.8, 4) is 12.1 Å². The van der Waals surface area contributed by atoms with Gasteiger partial charge >= 0.3 is 0 Å². The van der Waals surface area contributed by atoms with Gasteiger partial charge in [0.05, 0.1) is 18.5 Å². The normalized spacial score (nSPS) is 17.2. The van der Waals surface area contributed by atoms with E-state index in [0.29, 0.717) is 42.4 Å². The molecule has 2 atom stereocenters. The van der Waals surface area contributed by atoms with Gasteiger partial charge in [0.1, 0.15) is 12.1 Å². The van der Waals surface area contributed by atoms with Crippen LogP contribution in [0.2, 0.25) is 0 Å². The van der Waals surface area contributed by atoms with E-state index >= 15 is 0 Å². The van der Waals surface area contributed by atoms with Gasteiger partial charge in [-0.3, -0.25) is 24.4 Å². The molecule has 1 fully saturated rings. The predicted octanol–water partition coefficient (Wildman–Crippen LogP) is 4.76. The topological polar surface area (TPSA) is 111 Å². The lowest BCUT2D eigenvalue weighted by Gasteiger charge is -2.34. The van der Waals surface area contributed by atoms with E-state index in [1.54, 1.807) is 30.7 Å². The lowest BCUT2D eigenvalue weighted by molar-refractivity contribution is -0.126. The number of aromatic nitrogens is 2. The second-order valence-corrected chi connectivity index (χ2v) is 11.3. The van der Waals surface area contributed by atoms with Crippen molar-refractivity contribution in [1.82, 2.24) is 14.9 Å². The number of rotatable bonds is 6. The van der Waals surface area contributed by atoms with Gasteiger partial charge < -0.3 is 10.1 Å². The van der Waals surface area contributed by atoms with Crippen LogP contribution in [-0.2, 0) is 21.4 Å². The number of nitrogens with one attached hydrogen (secondary N) is 1. The molecule has 0 spiro atoms. The highest BCUT2D eigenvalue weighted by Crippen LogP contribution is 2.34. The SMILES string of the molecule is CC(C)(C)c1ccc(N(C(=O)[C@H]2CCCN2C#N)C(C(=O)Nc2cnc3c(c2)CCCO3)c2cccnc2)cc1. The van der Waals surface area contributed by atoms with Crippen LogP contribution in [0.3, 0.4) is 0 Å². The highest BCUT2D eigenvalue weighted by Gasteiger charge is 2.40. The fourth-order valence-corrected chi connectivity index (χ4v) is 5.30. The number of likely N-dealkylation sites (tertiary alicyclic amines) is 1. The molecule has 0 bridgehead atoms. The quantitative estimate of drug-likeness (QED) is 0.451. The Bertz CT molecular complexity index is 1410. The molecule has 0 aliphatic carbocycles. The minimum Gasteiger partial charge on any atom is -0.477 e. The Labute approximate surface area is 234 Å². The molecule has 9 heteroatoms. The molecule has 2 aliphatic heterocycles. The molecule has 4 heterocycles. The summed E-state index contributed by atoms with van der Waals surface area (Å²) in [4.78, 5) is 40.1. The molecule has 3 aromatic rings. The van der Waals surface area contributed by atoms with Crippen molar-refractivity contribution in [3.63, 3.8) is 0 Å². The molecule has 1 aromatic carbocycles. The molecule has 0 radical (unpaired) electrons. The number of anilines is 2. The molecule has 2 amide bonds. The molecule has 0 saturated carbocycles. The Hall–Kier alpha value is -4.45. The number of hydrogen-bond donors (Lipinski definition) is 1. The van der Waals surface area contributed by atoms with Crippen LogP contribution in [0.4, 0.5) is 11.4 Å². The molecule has 206 valence electrons. The number of hydrogen-bond acceptors (Lipinski definition) is 7. The molecular formula is C31H34N6O3. The summed E-state index contributed by atoms with van der Waals surface area (Å²) in [6.45, 7) is 7.50. The summed E-state index contributed by atoms with van der Waals surface area (Å²) in [5, 5.41) is 12.7. The Morgan fingerprint density at radius 3 is 2.67 bits per heavy atom. The summed E-state index contributed by atoms with van der Waals surface area (Å²) < 4.78 is 5.62. The van der Waals surface area contributed by atoms with Crippen molar-refractivity contribution in [2.45, 2.75) is 64.0 Å². The van der Waals surface area contributed by atoms with Crippen molar-refractivity contribution in [2.75, 3.05) is 23.4 Å². The number of pyridine rings is 2. The third kappa shape index (κ3) is 5.62. The molecule has 1 unspecified atom stereocenters. The number of carbonyl (C=O) groups excluding carboxylic acids is 2. The van der Waals surface area contributed by atoms with Crippen LogP contribution in [0.15, 0.2) is 61.1 Å². The predicted molar refractivity (Wildman–Crippen MR) is 152 cm³/mol. The van der Waals surface area contributed by atoms with Crippen molar-refractivity contribution >= 4 is 23.2 Å². The molecule has 2 aliphatic rings. The van der Waals surface area contributed by atoms with Crippen LogP contribution >= 0.6 is 0 Å². The first kappa shape index (κ1) is 27.1. The Morgan fingerprint density at radius 1 is 1.18 bits per heavy atom. The van der Waals surface area contributed by atoms with E-state index in [0.717, 1.165) is 30.4 Å². The largest absolute Gasteiger partial charge is 0.477 e. The van der Waals surface area contributed by atoms with Crippen LogP contribution in [0, 0.1) is 11.5 Å². The second-order valence-electron chi connectivity index (χ2n) is 11.3. The number of ether oxygens (including phenoxy) is 1. The summed E-state index contributed by atoms with van der Waals surface area (Å²) in [5.41, 5.74) is 3.61. The van der Waals surface area contributed by atoms with E-state index in [1.807, 2.05) is 30.3 Å². The number of benzene rings is 1. The zero-order valence-corrected chi connectivity index (χ0v) is 23.1. The third-order valence-corrected chi connectivity index (χ3v) is 7.44. The van der Waals surface area contributed by atoms with Crippen LogP contribution in [0.25, 0.3) is 0 Å². The van der Waals surface area contributed by atoms with Gasteiger partial charge in [0, 0.05) is 35.8 Å². The highest BCUT2D eigenvalue weighted by molar-refractivity contribution is 6.07. The third-order valence-electron chi connectivity index (χ3n) is 7.44. The summed E-state index contributed by atoms with van der Waals surface area (Å²) in [6, 6.07) is 11.4. The van der Waals surface area contributed by atoms with E-state index in [2.05, 4.69) is 42.2 Å². The first-order valence-electron chi connectivity index (χ1n) is 13.7. The number of nitrogens with zero attached hydrogens (tertiary/aromatic N) is 5. The molecule has 1 N–H and O–H groups in total. The average molecular weight is 539 g/mol. The van der Waals surface area contributed by atoms with Gasteiger partial charge in [-0.15, -0.1) is 0 Å². The fraction of sp³-hybridized carbons (Fsp3) is 0.387. The number of nitriles is 1. The van der Waals surface area contributed by atoms with Crippen LogP contribution in [0.5, 0.6) is 5.88 Å². The van der Waals surface area contributed by atoms with Crippen LogP contribution in [-0.4, -0.2) is 45.9 Å². The summed E-state index contributed by atoms with van der Waals surface area (Å²) in [6.07, 6.45) is 9.93. The molecule has 1 saturated heterocycles. The van der Waals surface area contributed by atoms with Crippen molar-refractivity contribution in [2.24, 2.45) is 0 Å². The van der Waals surface area contributed by atoms with E-state index in [-0.39, 0.29) is 11.3 Å². The highest BCUT2D eigenvalue weighted by atomic mass is 16.5. The monoisotopic (exact) mass is 538 g/mol. The van der Waals surface area contributed by atoms with Crippen molar-refractivity contribution in [3.05, 3.63) is 77.7 Å². The lowest BCUT2D eigenvalue weighted by atomic mass is 9.87. The first-order chi connectivity index (χ1) is 19.3. The number of amides is 2.